The fourth-order valence-electron chi connectivity index (χ4n) is 2.42. The molecule has 1 spiro atoms. The van der Waals surface area contributed by atoms with Crippen molar-refractivity contribution in [2.45, 2.75) is 31.3 Å². The Kier molecular flexibility index (Phi) is 2.63. The van der Waals surface area contributed by atoms with E-state index < -0.39 is 0 Å². The van der Waals surface area contributed by atoms with Crippen molar-refractivity contribution in [2.75, 3.05) is 26.7 Å². The minimum absolute atomic E-state index is 0.0397. The van der Waals surface area contributed by atoms with Crippen molar-refractivity contribution in [2.24, 2.45) is 0 Å². The molecule has 80 valence electrons. The van der Waals surface area contributed by atoms with Gasteiger partial charge in [0.2, 0.25) is 0 Å². The molecule has 0 bridgehead atoms. The number of carbonyl (C=O) groups excluding carboxylic acids is 1. The van der Waals surface area contributed by atoms with E-state index in [9.17, 15) is 4.79 Å². The molecule has 2 heterocycles. The maximum atomic E-state index is 11.3. The van der Waals surface area contributed by atoms with Gasteiger partial charge in [-0.25, -0.2) is 4.79 Å². The summed E-state index contributed by atoms with van der Waals surface area (Å²) in [5.74, 6) is 0. The van der Waals surface area contributed by atoms with Crippen LogP contribution in [0.5, 0.6) is 0 Å². The van der Waals surface area contributed by atoms with Gasteiger partial charge in [-0.05, 0) is 25.7 Å². The first-order valence-electron chi connectivity index (χ1n) is 5.36. The van der Waals surface area contributed by atoms with Gasteiger partial charge in [0.1, 0.15) is 0 Å². The summed E-state index contributed by atoms with van der Waals surface area (Å²) in [7, 11) is 1.68. The molecule has 0 aromatic rings. The van der Waals surface area contributed by atoms with Gasteiger partial charge in [0, 0.05) is 26.7 Å². The van der Waals surface area contributed by atoms with E-state index in [4.69, 9.17) is 4.74 Å². The molecule has 0 radical (unpaired) electrons. The van der Waals surface area contributed by atoms with Crippen LogP contribution in [0.3, 0.4) is 0 Å². The SMILES string of the molecule is CNC(=O)N1CCC2(CCCO2)CC1. The highest BCUT2D eigenvalue weighted by Gasteiger charge is 2.39. The molecule has 1 N–H and O–H groups in total. The van der Waals surface area contributed by atoms with E-state index in [1.807, 2.05) is 4.90 Å². The quantitative estimate of drug-likeness (QED) is 0.630. The summed E-state index contributed by atoms with van der Waals surface area (Å²) in [5.41, 5.74) is 0.116. The predicted octanol–water partition coefficient (Wildman–Crippen LogP) is 0.971. The van der Waals surface area contributed by atoms with E-state index in [1.165, 1.54) is 12.8 Å². The normalized spacial score (nSPS) is 25.4. The fraction of sp³-hybridized carbons (Fsp3) is 0.900. The van der Waals surface area contributed by atoms with Crippen LogP contribution in [-0.2, 0) is 4.74 Å². The number of carbonyl (C=O) groups is 1. The zero-order valence-electron chi connectivity index (χ0n) is 8.71. The summed E-state index contributed by atoms with van der Waals surface area (Å²) < 4.78 is 5.78. The minimum Gasteiger partial charge on any atom is -0.375 e. The standard InChI is InChI=1S/C10H18N2O2/c1-11-9(13)12-6-4-10(5-7-12)3-2-8-14-10/h2-8H2,1H3,(H,11,13). The second-order valence-electron chi connectivity index (χ2n) is 4.18. The van der Waals surface area contributed by atoms with Crippen LogP contribution in [0.2, 0.25) is 0 Å². The van der Waals surface area contributed by atoms with E-state index in [-0.39, 0.29) is 11.6 Å². The molecule has 0 saturated carbocycles. The smallest absolute Gasteiger partial charge is 0.317 e. The number of rotatable bonds is 0. The number of likely N-dealkylation sites (tertiary alicyclic amines) is 1. The number of nitrogens with zero attached hydrogens (tertiary/aromatic N) is 1. The zero-order chi connectivity index (χ0) is 10.0. The number of amides is 2. The molecule has 2 amide bonds. The molecule has 0 aromatic carbocycles. The van der Waals surface area contributed by atoms with Crippen molar-refractivity contribution >= 4 is 6.03 Å². The number of hydrogen-bond donors (Lipinski definition) is 1. The van der Waals surface area contributed by atoms with E-state index in [0.717, 1.165) is 32.5 Å². The van der Waals surface area contributed by atoms with Crippen LogP contribution in [0, 0.1) is 0 Å². The topological polar surface area (TPSA) is 41.6 Å². The van der Waals surface area contributed by atoms with Crippen LogP contribution in [0.15, 0.2) is 0 Å². The molecule has 0 aliphatic carbocycles. The summed E-state index contributed by atoms with van der Waals surface area (Å²) in [6, 6.07) is 0.0397. The maximum absolute atomic E-state index is 11.3. The molecule has 0 atom stereocenters. The van der Waals surface area contributed by atoms with Crippen molar-refractivity contribution in [1.82, 2.24) is 10.2 Å². The van der Waals surface area contributed by atoms with Crippen LogP contribution in [0.25, 0.3) is 0 Å². The molecule has 2 fully saturated rings. The Hall–Kier alpha value is -0.770. The van der Waals surface area contributed by atoms with Crippen molar-refractivity contribution in [3.8, 4) is 0 Å². The maximum Gasteiger partial charge on any atom is 0.317 e. The van der Waals surface area contributed by atoms with Crippen LogP contribution in [0.1, 0.15) is 25.7 Å². The number of nitrogens with one attached hydrogen (secondary N) is 1. The van der Waals surface area contributed by atoms with Gasteiger partial charge in [-0.15, -0.1) is 0 Å². The van der Waals surface area contributed by atoms with E-state index in [2.05, 4.69) is 5.32 Å². The molecular formula is C10H18N2O2. The average Bonchev–Trinajstić information content (AvgIpc) is 2.67. The lowest BCUT2D eigenvalue weighted by Crippen LogP contribution is -2.48. The van der Waals surface area contributed by atoms with Crippen LogP contribution in [-0.4, -0.2) is 43.3 Å². The third kappa shape index (κ3) is 1.71. The monoisotopic (exact) mass is 198 g/mol. The van der Waals surface area contributed by atoms with Crippen LogP contribution >= 0.6 is 0 Å². The molecule has 2 saturated heterocycles. The van der Waals surface area contributed by atoms with Crippen LogP contribution in [0.4, 0.5) is 4.79 Å². The lowest BCUT2D eigenvalue weighted by Gasteiger charge is -2.38. The highest BCUT2D eigenvalue weighted by atomic mass is 16.5. The molecule has 4 heteroatoms. The summed E-state index contributed by atoms with van der Waals surface area (Å²) in [4.78, 5) is 13.2. The third-order valence-corrected chi connectivity index (χ3v) is 3.36. The van der Waals surface area contributed by atoms with Crippen molar-refractivity contribution in [3.05, 3.63) is 0 Å². The second kappa shape index (κ2) is 3.77. The zero-order valence-corrected chi connectivity index (χ0v) is 8.71. The molecule has 2 aliphatic rings. The second-order valence-corrected chi connectivity index (χ2v) is 4.18. The van der Waals surface area contributed by atoms with E-state index in [0.29, 0.717) is 0 Å². The number of urea groups is 1. The summed E-state index contributed by atoms with van der Waals surface area (Å²) in [6.45, 7) is 2.57. The van der Waals surface area contributed by atoms with Gasteiger partial charge in [0.25, 0.3) is 0 Å². The van der Waals surface area contributed by atoms with Gasteiger partial charge in [0.05, 0.1) is 5.60 Å². The van der Waals surface area contributed by atoms with Crippen molar-refractivity contribution in [3.63, 3.8) is 0 Å². The Morgan fingerprint density at radius 3 is 2.57 bits per heavy atom. The van der Waals surface area contributed by atoms with Gasteiger partial charge in [-0.2, -0.15) is 0 Å². The number of ether oxygens (including phenoxy) is 1. The Morgan fingerprint density at radius 2 is 2.07 bits per heavy atom. The highest BCUT2D eigenvalue weighted by Crippen LogP contribution is 2.35. The van der Waals surface area contributed by atoms with Gasteiger partial charge < -0.3 is 15.0 Å². The third-order valence-electron chi connectivity index (χ3n) is 3.36. The fourth-order valence-corrected chi connectivity index (χ4v) is 2.42. The van der Waals surface area contributed by atoms with Crippen LogP contribution < -0.4 is 5.32 Å². The lowest BCUT2D eigenvalue weighted by molar-refractivity contribution is -0.0360. The van der Waals surface area contributed by atoms with Gasteiger partial charge >= 0.3 is 6.03 Å². The minimum atomic E-state index is 0.0397. The van der Waals surface area contributed by atoms with Crippen molar-refractivity contribution < 1.29 is 9.53 Å². The van der Waals surface area contributed by atoms with E-state index in [1.54, 1.807) is 7.05 Å². The van der Waals surface area contributed by atoms with Gasteiger partial charge in [-0.3, -0.25) is 0 Å². The molecular weight excluding hydrogens is 180 g/mol. The molecule has 0 aromatic heterocycles. The average molecular weight is 198 g/mol. The first-order valence-corrected chi connectivity index (χ1v) is 5.36. The molecule has 2 rings (SSSR count). The predicted molar refractivity (Wildman–Crippen MR) is 53.2 cm³/mol. The number of piperidine rings is 1. The first-order chi connectivity index (χ1) is 6.76. The first kappa shape index (κ1) is 9.77. The molecule has 0 unspecified atom stereocenters. The Balaban J connectivity index is 1.88. The van der Waals surface area contributed by atoms with Gasteiger partial charge in [0.15, 0.2) is 0 Å². The lowest BCUT2D eigenvalue weighted by atomic mass is 9.89. The number of hydrogen-bond acceptors (Lipinski definition) is 2. The summed E-state index contributed by atoms with van der Waals surface area (Å²) >= 11 is 0. The van der Waals surface area contributed by atoms with Crippen molar-refractivity contribution in [1.29, 1.82) is 0 Å². The molecule has 4 nitrogen and oxygen atoms in total. The van der Waals surface area contributed by atoms with E-state index >= 15 is 0 Å². The van der Waals surface area contributed by atoms with Gasteiger partial charge in [-0.1, -0.05) is 0 Å². The Bertz CT molecular complexity index is 214. The largest absolute Gasteiger partial charge is 0.375 e. The highest BCUT2D eigenvalue weighted by molar-refractivity contribution is 5.73. The molecule has 14 heavy (non-hydrogen) atoms. The summed E-state index contributed by atoms with van der Waals surface area (Å²) in [5, 5.41) is 2.66. The Labute approximate surface area is 84.6 Å². The molecule has 2 aliphatic heterocycles. The summed E-state index contributed by atoms with van der Waals surface area (Å²) in [6.07, 6.45) is 4.36. The Morgan fingerprint density at radius 1 is 1.36 bits per heavy atom.